The molecule has 3 fully saturated rings. The van der Waals surface area contributed by atoms with Crippen molar-refractivity contribution in [2.75, 3.05) is 39.5 Å². The van der Waals surface area contributed by atoms with Gasteiger partial charge < -0.3 is 24.2 Å². The Morgan fingerprint density at radius 2 is 1.34 bits per heavy atom. The highest BCUT2D eigenvalue weighted by atomic mass is 16.7. The normalized spacial score (nSPS) is 27.3. The second kappa shape index (κ2) is 26.0. The van der Waals surface area contributed by atoms with Gasteiger partial charge in [0.1, 0.15) is 11.9 Å². The van der Waals surface area contributed by atoms with Gasteiger partial charge in [-0.3, -0.25) is 9.59 Å². The van der Waals surface area contributed by atoms with Crippen molar-refractivity contribution in [3.63, 3.8) is 0 Å². The van der Waals surface area contributed by atoms with Gasteiger partial charge in [-0.1, -0.05) is 116 Å². The van der Waals surface area contributed by atoms with Crippen LogP contribution in [0.1, 0.15) is 207 Å². The summed E-state index contributed by atoms with van der Waals surface area (Å²) in [7, 11) is 0. The summed E-state index contributed by atoms with van der Waals surface area (Å²) >= 11 is 0. The van der Waals surface area contributed by atoms with E-state index in [2.05, 4.69) is 38.7 Å². The van der Waals surface area contributed by atoms with Crippen molar-refractivity contribution < 1.29 is 28.9 Å². The second-order valence-electron chi connectivity index (χ2n) is 19.0. The van der Waals surface area contributed by atoms with Crippen LogP contribution in [0.2, 0.25) is 0 Å². The number of hydrogen-bond acceptors (Lipinski definition) is 7. The standard InChI is InChI=1S/C49H87NO6/c1-5-7-9-11-13-21-37-54-47(55-38-22-14-12-10-8-6-2)24-18-16-20-34-50(35-36-51)33-19-15-17-23-46(53)56-41-29-31-48(3)40(39-41)25-26-42-43-27-28-45(52)49(43,4)32-30-44(42)48/h25,41-44,47,51H,5-24,26-39H2,1-4H3. The number of rotatable bonds is 31. The van der Waals surface area contributed by atoms with Crippen molar-refractivity contribution in [2.24, 2.45) is 28.6 Å². The molecule has 0 aliphatic heterocycles. The molecule has 6 unspecified atom stereocenters. The summed E-state index contributed by atoms with van der Waals surface area (Å²) < 4.78 is 18.6. The van der Waals surface area contributed by atoms with E-state index >= 15 is 0 Å². The molecule has 0 aromatic rings. The molecule has 0 radical (unpaired) electrons. The Bertz CT molecular complexity index is 1120. The van der Waals surface area contributed by atoms with Gasteiger partial charge in [-0.2, -0.15) is 0 Å². The number of aliphatic hydroxyl groups is 1. The first-order chi connectivity index (χ1) is 27.2. The Balaban J connectivity index is 1.07. The van der Waals surface area contributed by atoms with Crippen molar-refractivity contribution in [3.8, 4) is 0 Å². The Kier molecular flexibility index (Phi) is 22.0. The van der Waals surface area contributed by atoms with Crippen LogP contribution < -0.4 is 0 Å². The van der Waals surface area contributed by atoms with Crippen molar-refractivity contribution in [1.82, 2.24) is 4.90 Å². The zero-order chi connectivity index (χ0) is 40.1. The topological polar surface area (TPSA) is 85.3 Å². The van der Waals surface area contributed by atoms with Crippen LogP contribution >= 0.6 is 0 Å². The van der Waals surface area contributed by atoms with Crippen LogP contribution in [0.4, 0.5) is 0 Å². The van der Waals surface area contributed by atoms with Crippen molar-refractivity contribution in [2.45, 2.75) is 220 Å². The number of allylic oxidation sites excluding steroid dienone is 1. The van der Waals surface area contributed by atoms with E-state index in [0.717, 1.165) is 129 Å². The maximum Gasteiger partial charge on any atom is 0.306 e. The Labute approximate surface area is 344 Å². The third-order valence-electron chi connectivity index (χ3n) is 14.9. The fourth-order valence-electron chi connectivity index (χ4n) is 11.2. The molecule has 0 aromatic carbocycles. The van der Waals surface area contributed by atoms with Crippen LogP contribution in [0.25, 0.3) is 0 Å². The van der Waals surface area contributed by atoms with Crippen LogP contribution in [0.15, 0.2) is 11.6 Å². The molecule has 0 saturated heterocycles. The molecule has 0 aromatic heterocycles. The minimum absolute atomic E-state index is 0.00869. The number of carbonyl (C=O) groups excluding carboxylic acids is 2. The van der Waals surface area contributed by atoms with E-state index < -0.39 is 0 Å². The number of unbranched alkanes of at least 4 members (excludes halogenated alkanes) is 14. The van der Waals surface area contributed by atoms with Crippen molar-refractivity contribution >= 4 is 11.8 Å². The molecule has 0 spiro atoms. The van der Waals surface area contributed by atoms with Gasteiger partial charge in [-0.15, -0.1) is 0 Å². The minimum atomic E-state index is -0.0817. The van der Waals surface area contributed by atoms with Gasteiger partial charge in [0.05, 0.1) is 6.61 Å². The molecule has 3 saturated carbocycles. The molecule has 0 amide bonds. The molecule has 6 atom stereocenters. The van der Waals surface area contributed by atoms with Gasteiger partial charge in [-0.05, 0) is 120 Å². The number of esters is 1. The maximum absolute atomic E-state index is 12.9. The third kappa shape index (κ3) is 14.8. The summed E-state index contributed by atoms with van der Waals surface area (Å²) in [5, 5.41) is 9.72. The highest BCUT2D eigenvalue weighted by molar-refractivity contribution is 5.87. The minimum Gasteiger partial charge on any atom is -0.462 e. The van der Waals surface area contributed by atoms with Crippen LogP contribution in [-0.2, 0) is 23.8 Å². The number of Topliss-reactive ketones (excluding diaryl/α,β-unsaturated/α-hetero) is 1. The average Bonchev–Trinajstić information content (AvgIpc) is 3.50. The van der Waals surface area contributed by atoms with Gasteiger partial charge in [0.2, 0.25) is 0 Å². The number of hydrogen-bond donors (Lipinski definition) is 1. The quantitative estimate of drug-likeness (QED) is 0.0324. The lowest BCUT2D eigenvalue weighted by Crippen LogP contribution is -2.50. The molecule has 4 rings (SSSR count). The second-order valence-corrected chi connectivity index (χ2v) is 19.0. The zero-order valence-corrected chi connectivity index (χ0v) is 36.9. The van der Waals surface area contributed by atoms with E-state index in [1.54, 1.807) is 0 Å². The lowest BCUT2D eigenvalue weighted by Gasteiger charge is -2.56. The van der Waals surface area contributed by atoms with E-state index in [1.807, 2.05) is 0 Å². The summed E-state index contributed by atoms with van der Waals surface area (Å²) in [5.74, 6) is 2.33. The van der Waals surface area contributed by atoms with Gasteiger partial charge in [-0.25, -0.2) is 0 Å². The van der Waals surface area contributed by atoms with Crippen LogP contribution in [-0.4, -0.2) is 73.6 Å². The van der Waals surface area contributed by atoms with Crippen LogP contribution in [0, 0.1) is 28.6 Å². The van der Waals surface area contributed by atoms with Crippen LogP contribution in [0.5, 0.6) is 0 Å². The summed E-state index contributed by atoms with van der Waals surface area (Å²) in [6.07, 6.45) is 33.6. The molecule has 1 N–H and O–H groups in total. The Morgan fingerprint density at radius 3 is 2.00 bits per heavy atom. The van der Waals surface area contributed by atoms with Crippen LogP contribution in [0.3, 0.4) is 0 Å². The van der Waals surface area contributed by atoms with Crippen molar-refractivity contribution in [1.29, 1.82) is 0 Å². The Hall–Kier alpha value is -1.28. The van der Waals surface area contributed by atoms with Gasteiger partial charge in [0.25, 0.3) is 0 Å². The largest absolute Gasteiger partial charge is 0.462 e. The Morgan fingerprint density at radius 1 is 0.750 bits per heavy atom. The molecule has 0 bridgehead atoms. The highest BCUT2D eigenvalue weighted by Crippen LogP contribution is 2.64. The molecular formula is C49H87NO6. The smallest absolute Gasteiger partial charge is 0.306 e. The SMILES string of the molecule is CCCCCCCCOC(CCCCCN(CCO)CCCCCC(=O)OC1CCC2(C)C(=CCC3C4CCC(=O)C4(C)CCC32)C1)OCCCCCCCC. The fraction of sp³-hybridized carbons (Fsp3) is 0.918. The molecule has 0 heterocycles. The number of ketones is 1. The number of ether oxygens (including phenoxy) is 3. The third-order valence-corrected chi connectivity index (χ3v) is 14.9. The summed E-state index contributed by atoms with van der Waals surface area (Å²) in [5.41, 5.74) is 1.64. The van der Waals surface area contributed by atoms with E-state index in [-0.39, 0.29) is 35.8 Å². The first kappa shape index (κ1) is 47.4. The number of aliphatic hydroxyl groups excluding tert-OH is 1. The summed E-state index contributed by atoms with van der Waals surface area (Å²) in [4.78, 5) is 28.1. The van der Waals surface area contributed by atoms with Crippen molar-refractivity contribution in [3.05, 3.63) is 11.6 Å². The van der Waals surface area contributed by atoms with E-state index in [4.69, 9.17) is 14.2 Å². The lowest BCUT2D eigenvalue weighted by atomic mass is 9.48. The van der Waals surface area contributed by atoms with E-state index in [1.165, 1.54) is 76.2 Å². The number of fused-ring (bicyclic) bond motifs is 5. The molecule has 7 heteroatoms. The first-order valence-electron chi connectivity index (χ1n) is 24.2. The van der Waals surface area contributed by atoms with Gasteiger partial charge in [0.15, 0.2) is 6.29 Å². The highest BCUT2D eigenvalue weighted by Gasteiger charge is 2.58. The zero-order valence-electron chi connectivity index (χ0n) is 36.9. The molecule has 4 aliphatic carbocycles. The van der Waals surface area contributed by atoms with E-state index in [9.17, 15) is 14.7 Å². The fourth-order valence-corrected chi connectivity index (χ4v) is 11.2. The van der Waals surface area contributed by atoms with Gasteiger partial charge >= 0.3 is 5.97 Å². The molecule has 56 heavy (non-hydrogen) atoms. The van der Waals surface area contributed by atoms with E-state index in [0.29, 0.717) is 36.5 Å². The number of carbonyl (C=O) groups is 2. The lowest BCUT2D eigenvalue weighted by molar-refractivity contribution is -0.151. The monoisotopic (exact) mass is 786 g/mol. The predicted octanol–water partition coefficient (Wildman–Crippen LogP) is 11.9. The maximum atomic E-state index is 12.9. The molecule has 7 nitrogen and oxygen atoms in total. The molecule has 4 aliphatic rings. The first-order valence-corrected chi connectivity index (χ1v) is 24.2. The number of nitrogens with zero attached hydrogens (tertiary/aromatic N) is 1. The average molecular weight is 786 g/mol. The summed E-state index contributed by atoms with van der Waals surface area (Å²) in [6.45, 7) is 13.7. The molecule has 324 valence electrons. The predicted molar refractivity (Wildman–Crippen MR) is 229 cm³/mol. The molecular weight excluding hydrogens is 699 g/mol. The van der Waals surface area contributed by atoms with Gasteiger partial charge in [0, 0.05) is 44.4 Å². The summed E-state index contributed by atoms with van der Waals surface area (Å²) in [6, 6.07) is 0.